The van der Waals surface area contributed by atoms with Crippen LogP contribution >= 0.6 is 0 Å². The molecule has 1 fully saturated rings. The highest BCUT2D eigenvalue weighted by Crippen LogP contribution is 2.39. The summed E-state index contributed by atoms with van der Waals surface area (Å²) in [5.74, 6) is 0.604. The fourth-order valence-corrected chi connectivity index (χ4v) is 4.46. The van der Waals surface area contributed by atoms with E-state index in [4.69, 9.17) is 5.26 Å². The summed E-state index contributed by atoms with van der Waals surface area (Å²) in [5, 5.41) is 18.8. The summed E-state index contributed by atoms with van der Waals surface area (Å²) in [5.41, 5.74) is -1.06. The first-order valence-corrected chi connectivity index (χ1v) is 11.3. The number of carbonyl (C=O) groups excluding carboxylic acids is 1. The van der Waals surface area contributed by atoms with Crippen molar-refractivity contribution in [3.63, 3.8) is 0 Å². The Hall–Kier alpha value is -2.85. The Morgan fingerprint density at radius 1 is 1.06 bits per heavy atom. The Morgan fingerprint density at radius 2 is 1.64 bits per heavy atom. The molecule has 1 aliphatic carbocycles. The van der Waals surface area contributed by atoms with E-state index in [0.29, 0.717) is 43.0 Å². The summed E-state index contributed by atoms with van der Waals surface area (Å²) in [4.78, 5) is 14.7. The quantitative estimate of drug-likeness (QED) is 0.598. The third-order valence-electron chi connectivity index (χ3n) is 6.75. The zero-order valence-corrected chi connectivity index (χ0v) is 18.9. The van der Waals surface area contributed by atoms with Crippen LogP contribution in [0.15, 0.2) is 48.5 Å². The monoisotopic (exact) mass is 458 g/mol. The molecular formula is C26H29F3N2O2. The molecule has 1 atom stereocenters. The number of hydrogen-bond donors (Lipinski definition) is 1. The average molecular weight is 459 g/mol. The molecule has 1 saturated carbocycles. The molecule has 1 N–H and O–H groups in total. The fourth-order valence-electron chi connectivity index (χ4n) is 4.46. The number of benzene rings is 2. The van der Waals surface area contributed by atoms with Crippen molar-refractivity contribution in [2.24, 2.45) is 5.92 Å². The Morgan fingerprint density at radius 3 is 2.12 bits per heavy atom. The van der Waals surface area contributed by atoms with E-state index in [1.165, 1.54) is 17.7 Å². The standard InChI is InChI=1S/C26H29F3N2O2/c1-3-31(24(32)22-12-14-23(15-13-22)25(2,33)26(27,28)29)17-19-6-10-21(11-7-19)20-8-4-18(16-30)5-9-20/h4-5,8-9,12-15,19,21,33H,3,6-7,10-11,17H2,1-2H3/t19?,21?,25-/m0/s1. The molecule has 2 aromatic carbocycles. The second-order valence-electron chi connectivity index (χ2n) is 8.94. The van der Waals surface area contributed by atoms with Crippen molar-refractivity contribution < 1.29 is 23.1 Å². The molecule has 3 rings (SSSR count). The van der Waals surface area contributed by atoms with Gasteiger partial charge in [0.1, 0.15) is 0 Å². The number of carbonyl (C=O) groups is 1. The average Bonchev–Trinajstić information content (AvgIpc) is 2.82. The third-order valence-corrected chi connectivity index (χ3v) is 6.75. The number of alkyl halides is 3. The third kappa shape index (κ3) is 5.56. The Kier molecular flexibility index (Phi) is 7.48. The van der Waals surface area contributed by atoms with Crippen LogP contribution in [0, 0.1) is 17.2 Å². The van der Waals surface area contributed by atoms with Crippen LogP contribution in [0.1, 0.15) is 72.5 Å². The fraction of sp³-hybridized carbons (Fsp3) is 0.462. The van der Waals surface area contributed by atoms with Gasteiger partial charge in [0.15, 0.2) is 5.60 Å². The molecule has 0 bridgehead atoms. The number of amides is 1. The van der Waals surface area contributed by atoms with Gasteiger partial charge in [0, 0.05) is 18.7 Å². The molecule has 0 radical (unpaired) electrons. The summed E-state index contributed by atoms with van der Waals surface area (Å²) in [6.07, 6.45) is -0.790. The predicted molar refractivity (Wildman–Crippen MR) is 120 cm³/mol. The van der Waals surface area contributed by atoms with E-state index in [1.807, 2.05) is 31.2 Å². The van der Waals surface area contributed by atoms with Crippen LogP contribution in [0.3, 0.4) is 0 Å². The number of hydrogen-bond acceptors (Lipinski definition) is 3. The predicted octanol–water partition coefficient (Wildman–Crippen LogP) is 5.76. The molecule has 0 aromatic heterocycles. The summed E-state index contributed by atoms with van der Waals surface area (Å²) in [6.45, 7) is 3.72. The first kappa shape index (κ1) is 24.8. The maximum Gasteiger partial charge on any atom is 0.421 e. The summed E-state index contributed by atoms with van der Waals surface area (Å²) in [6, 6.07) is 14.9. The van der Waals surface area contributed by atoms with Crippen molar-refractivity contribution in [3.05, 3.63) is 70.8 Å². The highest BCUT2D eigenvalue weighted by Gasteiger charge is 2.51. The van der Waals surface area contributed by atoms with Gasteiger partial charge in [-0.05, 0) is 86.8 Å². The molecule has 0 unspecified atom stereocenters. The highest BCUT2D eigenvalue weighted by molar-refractivity contribution is 5.94. The van der Waals surface area contributed by atoms with Gasteiger partial charge in [0.25, 0.3) is 5.91 Å². The number of nitriles is 1. The second kappa shape index (κ2) is 9.96. The first-order chi connectivity index (χ1) is 15.6. The van der Waals surface area contributed by atoms with E-state index in [9.17, 15) is 23.1 Å². The topological polar surface area (TPSA) is 64.3 Å². The lowest BCUT2D eigenvalue weighted by atomic mass is 9.78. The summed E-state index contributed by atoms with van der Waals surface area (Å²) >= 11 is 0. The molecule has 4 nitrogen and oxygen atoms in total. The minimum Gasteiger partial charge on any atom is -0.376 e. The SMILES string of the molecule is CCN(CC1CCC(c2ccc(C#N)cc2)CC1)C(=O)c1ccc([C@](C)(O)C(F)(F)F)cc1. The molecule has 7 heteroatoms. The van der Waals surface area contributed by atoms with Crippen LogP contribution in [0.25, 0.3) is 0 Å². The van der Waals surface area contributed by atoms with Gasteiger partial charge in [-0.15, -0.1) is 0 Å². The minimum absolute atomic E-state index is 0.218. The van der Waals surface area contributed by atoms with Crippen molar-refractivity contribution in [2.45, 2.75) is 57.2 Å². The number of nitrogens with zero attached hydrogens (tertiary/aromatic N) is 2. The lowest BCUT2D eigenvalue weighted by Crippen LogP contribution is -2.39. The van der Waals surface area contributed by atoms with E-state index < -0.39 is 11.8 Å². The van der Waals surface area contributed by atoms with Gasteiger partial charge in [-0.25, -0.2) is 0 Å². The maximum absolute atomic E-state index is 13.1. The van der Waals surface area contributed by atoms with Gasteiger partial charge in [-0.3, -0.25) is 4.79 Å². The van der Waals surface area contributed by atoms with Crippen LogP contribution in [-0.2, 0) is 5.60 Å². The summed E-state index contributed by atoms with van der Waals surface area (Å²) in [7, 11) is 0. The van der Waals surface area contributed by atoms with E-state index in [-0.39, 0.29) is 11.5 Å². The molecule has 1 aliphatic rings. The van der Waals surface area contributed by atoms with Crippen molar-refractivity contribution in [1.82, 2.24) is 4.90 Å². The zero-order chi connectivity index (χ0) is 24.2. The Bertz CT molecular complexity index is 984. The Balaban J connectivity index is 1.59. The van der Waals surface area contributed by atoms with Crippen molar-refractivity contribution in [3.8, 4) is 6.07 Å². The van der Waals surface area contributed by atoms with E-state index in [0.717, 1.165) is 37.8 Å². The molecule has 2 aromatic rings. The van der Waals surface area contributed by atoms with Gasteiger partial charge >= 0.3 is 6.18 Å². The van der Waals surface area contributed by atoms with Crippen LogP contribution < -0.4 is 0 Å². The maximum atomic E-state index is 13.1. The first-order valence-electron chi connectivity index (χ1n) is 11.3. The lowest BCUT2D eigenvalue weighted by Gasteiger charge is -2.33. The molecule has 0 spiro atoms. The van der Waals surface area contributed by atoms with E-state index >= 15 is 0 Å². The van der Waals surface area contributed by atoms with Gasteiger partial charge in [-0.1, -0.05) is 24.3 Å². The molecule has 0 aliphatic heterocycles. The molecule has 0 heterocycles. The Labute approximate surface area is 192 Å². The lowest BCUT2D eigenvalue weighted by molar-refractivity contribution is -0.258. The van der Waals surface area contributed by atoms with Gasteiger partial charge in [0.2, 0.25) is 0 Å². The van der Waals surface area contributed by atoms with Gasteiger partial charge in [0.05, 0.1) is 11.6 Å². The number of rotatable bonds is 6. The van der Waals surface area contributed by atoms with Crippen LogP contribution in [0.5, 0.6) is 0 Å². The minimum atomic E-state index is -4.80. The molecule has 0 saturated heterocycles. The number of halogens is 3. The van der Waals surface area contributed by atoms with Crippen molar-refractivity contribution >= 4 is 5.91 Å². The molecular weight excluding hydrogens is 429 g/mol. The largest absolute Gasteiger partial charge is 0.421 e. The van der Waals surface area contributed by atoms with Gasteiger partial charge in [-0.2, -0.15) is 18.4 Å². The molecule has 33 heavy (non-hydrogen) atoms. The van der Waals surface area contributed by atoms with Crippen LogP contribution in [0.4, 0.5) is 13.2 Å². The van der Waals surface area contributed by atoms with E-state index in [2.05, 4.69) is 6.07 Å². The van der Waals surface area contributed by atoms with Crippen LogP contribution in [-0.4, -0.2) is 35.2 Å². The zero-order valence-electron chi connectivity index (χ0n) is 18.9. The normalized spacial score (nSPS) is 20.5. The second-order valence-corrected chi connectivity index (χ2v) is 8.94. The smallest absolute Gasteiger partial charge is 0.376 e. The molecule has 1 amide bonds. The summed E-state index contributed by atoms with van der Waals surface area (Å²) < 4.78 is 39.2. The van der Waals surface area contributed by atoms with E-state index in [1.54, 1.807) is 4.90 Å². The highest BCUT2D eigenvalue weighted by atomic mass is 19.4. The van der Waals surface area contributed by atoms with Gasteiger partial charge < -0.3 is 10.0 Å². The van der Waals surface area contributed by atoms with Crippen LogP contribution in [0.2, 0.25) is 0 Å². The van der Waals surface area contributed by atoms with Crippen molar-refractivity contribution in [2.75, 3.05) is 13.1 Å². The molecule has 176 valence electrons. The van der Waals surface area contributed by atoms with Crippen molar-refractivity contribution in [1.29, 1.82) is 5.26 Å². The number of aliphatic hydroxyl groups is 1.